The summed E-state index contributed by atoms with van der Waals surface area (Å²) in [7, 11) is 1.59. The number of unbranched alkanes of at least 4 members (excludes halogenated alkanes) is 2. The van der Waals surface area contributed by atoms with Gasteiger partial charge in [-0.25, -0.2) is 18.9 Å². The van der Waals surface area contributed by atoms with E-state index < -0.39 is 17.9 Å². The molecule has 0 unspecified atom stereocenters. The number of benzene rings is 1. The zero-order valence-electron chi connectivity index (χ0n) is 16.5. The highest BCUT2D eigenvalue weighted by Gasteiger charge is 2.31. The molecule has 1 aromatic carbocycles. The number of urea groups is 2. The van der Waals surface area contributed by atoms with Gasteiger partial charge in [-0.15, -0.1) is 0 Å². The molecule has 6 nitrogen and oxygen atoms in total. The third kappa shape index (κ3) is 6.53. The highest BCUT2D eigenvalue weighted by atomic mass is 32.2. The van der Waals surface area contributed by atoms with Gasteiger partial charge in [0.2, 0.25) is 0 Å². The van der Waals surface area contributed by atoms with Gasteiger partial charge >= 0.3 is 12.1 Å². The number of anilines is 1. The van der Waals surface area contributed by atoms with Crippen LogP contribution in [0.25, 0.3) is 0 Å². The molecule has 0 bridgehead atoms. The number of carbonyl (C=O) groups excluding carboxylic acids is 2. The summed E-state index contributed by atoms with van der Waals surface area (Å²) in [5.74, 6) is -0.633. The summed E-state index contributed by atoms with van der Waals surface area (Å²) in [5.41, 5.74) is -0.0745. The maximum Gasteiger partial charge on any atom is 0.338 e. The molecule has 4 amide bonds. The lowest BCUT2D eigenvalue weighted by atomic mass is 10.2. The third-order valence-corrected chi connectivity index (χ3v) is 4.63. The normalized spacial score (nSPS) is 11.2. The quantitative estimate of drug-likeness (QED) is 0.412. The SMILES string of the molecule is CCCCNC(=O)N(C(=O)N(CCCC)C(=NC)SC)c1ccccc1F. The highest BCUT2D eigenvalue weighted by molar-refractivity contribution is 8.13. The van der Waals surface area contributed by atoms with Crippen molar-refractivity contribution in [1.29, 1.82) is 0 Å². The van der Waals surface area contributed by atoms with Crippen molar-refractivity contribution >= 4 is 34.7 Å². The topological polar surface area (TPSA) is 65.0 Å². The van der Waals surface area contributed by atoms with Crippen LogP contribution in [0.2, 0.25) is 0 Å². The predicted octanol–water partition coefficient (Wildman–Crippen LogP) is 4.71. The number of amides is 4. The second-order valence-corrected chi connectivity index (χ2v) is 6.64. The number of nitrogens with zero attached hydrogens (tertiary/aromatic N) is 3. The summed E-state index contributed by atoms with van der Waals surface area (Å²) in [6.07, 6.45) is 5.10. The Bertz CT molecular complexity index is 654. The average Bonchev–Trinajstić information content (AvgIpc) is 2.67. The third-order valence-electron chi connectivity index (χ3n) is 3.87. The summed E-state index contributed by atoms with van der Waals surface area (Å²) >= 11 is 1.31. The number of halogens is 1. The first kappa shape index (κ1) is 23.0. The molecule has 0 saturated heterocycles. The molecule has 0 atom stereocenters. The van der Waals surface area contributed by atoms with E-state index in [0.717, 1.165) is 30.6 Å². The minimum absolute atomic E-state index is 0.0745. The van der Waals surface area contributed by atoms with Crippen LogP contribution in [-0.4, -0.2) is 48.5 Å². The Hall–Kier alpha value is -2.09. The molecule has 0 aliphatic heterocycles. The van der Waals surface area contributed by atoms with Gasteiger partial charge in [-0.05, 0) is 31.2 Å². The van der Waals surface area contributed by atoms with Crippen molar-refractivity contribution in [3.05, 3.63) is 30.1 Å². The first-order valence-electron chi connectivity index (χ1n) is 9.16. The van der Waals surface area contributed by atoms with Gasteiger partial charge in [0.1, 0.15) is 5.82 Å². The number of nitrogens with one attached hydrogen (secondary N) is 1. The van der Waals surface area contributed by atoms with E-state index in [2.05, 4.69) is 10.3 Å². The van der Waals surface area contributed by atoms with Crippen molar-refractivity contribution in [2.24, 2.45) is 4.99 Å². The van der Waals surface area contributed by atoms with Gasteiger partial charge in [0.05, 0.1) is 5.69 Å². The molecule has 8 heteroatoms. The minimum Gasteiger partial charge on any atom is -0.337 e. The monoisotopic (exact) mass is 396 g/mol. The van der Waals surface area contributed by atoms with Crippen LogP contribution in [0.5, 0.6) is 0 Å². The van der Waals surface area contributed by atoms with Crippen molar-refractivity contribution < 1.29 is 14.0 Å². The Morgan fingerprint density at radius 2 is 1.85 bits per heavy atom. The van der Waals surface area contributed by atoms with E-state index in [1.54, 1.807) is 13.1 Å². The van der Waals surface area contributed by atoms with E-state index in [4.69, 9.17) is 0 Å². The highest BCUT2D eigenvalue weighted by Crippen LogP contribution is 2.22. The van der Waals surface area contributed by atoms with E-state index in [0.29, 0.717) is 18.3 Å². The maximum absolute atomic E-state index is 14.4. The lowest BCUT2D eigenvalue weighted by Gasteiger charge is -2.29. The Morgan fingerprint density at radius 1 is 1.19 bits per heavy atom. The molecule has 0 heterocycles. The molecule has 0 fully saturated rings. The van der Waals surface area contributed by atoms with Crippen molar-refractivity contribution in [3.8, 4) is 0 Å². The van der Waals surface area contributed by atoms with E-state index in [1.807, 2.05) is 20.1 Å². The van der Waals surface area contributed by atoms with Gasteiger partial charge in [0, 0.05) is 20.1 Å². The second-order valence-electron chi connectivity index (χ2n) is 5.87. The number of para-hydroxylation sites is 1. The van der Waals surface area contributed by atoms with Crippen LogP contribution in [0.15, 0.2) is 29.3 Å². The van der Waals surface area contributed by atoms with Crippen LogP contribution in [-0.2, 0) is 0 Å². The van der Waals surface area contributed by atoms with E-state index in [-0.39, 0.29) is 5.69 Å². The maximum atomic E-state index is 14.4. The molecule has 0 aliphatic carbocycles. The summed E-state index contributed by atoms with van der Waals surface area (Å²) < 4.78 is 14.4. The zero-order valence-corrected chi connectivity index (χ0v) is 17.3. The van der Waals surface area contributed by atoms with Crippen LogP contribution in [0.3, 0.4) is 0 Å². The summed E-state index contributed by atoms with van der Waals surface area (Å²) in [4.78, 5) is 32.4. The molecular formula is C19H29FN4O2S. The Balaban J connectivity index is 3.27. The van der Waals surface area contributed by atoms with Crippen LogP contribution < -0.4 is 10.2 Å². The number of amidine groups is 1. The van der Waals surface area contributed by atoms with Gasteiger partial charge in [0.25, 0.3) is 0 Å². The van der Waals surface area contributed by atoms with Gasteiger partial charge in [0.15, 0.2) is 5.17 Å². The molecule has 1 rings (SSSR count). The summed E-state index contributed by atoms with van der Waals surface area (Å²) in [6, 6.07) is 4.51. The van der Waals surface area contributed by atoms with Gasteiger partial charge in [-0.2, -0.15) is 0 Å². The fourth-order valence-corrected chi connectivity index (χ4v) is 2.99. The van der Waals surface area contributed by atoms with Gasteiger partial charge in [-0.1, -0.05) is 50.6 Å². The van der Waals surface area contributed by atoms with E-state index in [1.165, 1.54) is 34.9 Å². The van der Waals surface area contributed by atoms with Crippen LogP contribution in [0, 0.1) is 5.82 Å². The lowest BCUT2D eigenvalue weighted by Crippen LogP contribution is -2.52. The lowest BCUT2D eigenvalue weighted by molar-refractivity contribution is 0.221. The molecule has 0 spiro atoms. The Kier molecular flexibility index (Phi) is 10.5. The summed E-state index contributed by atoms with van der Waals surface area (Å²) in [6.45, 7) is 4.83. The molecule has 1 N–H and O–H groups in total. The van der Waals surface area contributed by atoms with Gasteiger partial charge < -0.3 is 5.32 Å². The van der Waals surface area contributed by atoms with Crippen molar-refractivity contribution in [2.45, 2.75) is 39.5 Å². The number of hydrogen-bond donors (Lipinski definition) is 1. The zero-order chi connectivity index (χ0) is 20.2. The minimum atomic E-state index is -0.642. The van der Waals surface area contributed by atoms with Crippen molar-refractivity contribution in [2.75, 3.05) is 31.3 Å². The van der Waals surface area contributed by atoms with Crippen LogP contribution in [0.4, 0.5) is 19.7 Å². The van der Waals surface area contributed by atoms with E-state index in [9.17, 15) is 14.0 Å². The number of thioether (sulfide) groups is 1. The number of imide groups is 1. The largest absolute Gasteiger partial charge is 0.338 e. The van der Waals surface area contributed by atoms with Gasteiger partial charge in [-0.3, -0.25) is 9.89 Å². The van der Waals surface area contributed by atoms with E-state index >= 15 is 0 Å². The Labute approximate surface area is 165 Å². The van der Waals surface area contributed by atoms with Crippen molar-refractivity contribution in [1.82, 2.24) is 10.2 Å². The standard InChI is InChI=1S/C19H29FN4O2S/c1-5-7-13-22-17(25)24(16-12-10-9-11-15(16)20)19(26)23(14-8-6-2)18(21-3)27-4/h9-12H,5-8,13-14H2,1-4H3,(H,22,25). The van der Waals surface area contributed by atoms with Crippen molar-refractivity contribution in [3.63, 3.8) is 0 Å². The number of carbonyl (C=O) groups is 2. The molecule has 27 heavy (non-hydrogen) atoms. The summed E-state index contributed by atoms with van der Waals surface area (Å²) in [5, 5.41) is 3.18. The molecule has 150 valence electrons. The molecule has 0 saturated carbocycles. The number of aliphatic imine (C=N–C) groups is 1. The number of hydrogen-bond acceptors (Lipinski definition) is 4. The molecule has 0 aliphatic rings. The van der Waals surface area contributed by atoms with Crippen LogP contribution >= 0.6 is 11.8 Å². The second kappa shape index (κ2) is 12.3. The fourth-order valence-electron chi connectivity index (χ4n) is 2.42. The van der Waals surface area contributed by atoms with Crippen LogP contribution in [0.1, 0.15) is 39.5 Å². The number of rotatable bonds is 7. The average molecular weight is 397 g/mol. The smallest absolute Gasteiger partial charge is 0.337 e. The molecule has 1 aromatic rings. The Morgan fingerprint density at radius 3 is 2.41 bits per heavy atom. The fraction of sp³-hybridized carbons (Fsp3) is 0.526. The molecule has 0 aromatic heterocycles. The first-order chi connectivity index (χ1) is 13.0. The first-order valence-corrected chi connectivity index (χ1v) is 10.4. The molecular weight excluding hydrogens is 367 g/mol. The predicted molar refractivity (Wildman–Crippen MR) is 111 cm³/mol. The molecule has 0 radical (unpaired) electrons.